The van der Waals surface area contributed by atoms with E-state index in [4.69, 9.17) is 11.6 Å². The quantitative estimate of drug-likeness (QED) is 0.829. The first-order valence-corrected chi connectivity index (χ1v) is 8.94. The Morgan fingerprint density at radius 1 is 1.12 bits per heavy atom. The van der Waals surface area contributed by atoms with Crippen LogP contribution in [0.5, 0.6) is 0 Å². The fourth-order valence-electron chi connectivity index (χ4n) is 3.16. The number of aryl methyl sites for hydroxylation is 1. The minimum Gasteiger partial charge on any atom is -0.369 e. The summed E-state index contributed by atoms with van der Waals surface area (Å²) in [6.45, 7) is 2.62. The molecule has 1 aliphatic rings. The number of hydrogen-bond donors (Lipinski definition) is 1. The third-order valence-electron chi connectivity index (χ3n) is 4.47. The van der Waals surface area contributed by atoms with Gasteiger partial charge in [-0.15, -0.1) is 0 Å². The molecule has 1 aliphatic heterocycles. The van der Waals surface area contributed by atoms with Crippen LogP contribution in [0.25, 0.3) is 0 Å². The molecule has 3 rings (SSSR count). The van der Waals surface area contributed by atoms with Crippen LogP contribution in [0.1, 0.15) is 24.0 Å². The van der Waals surface area contributed by atoms with Crippen molar-refractivity contribution >= 4 is 23.2 Å². The fourth-order valence-corrected chi connectivity index (χ4v) is 3.29. The summed E-state index contributed by atoms with van der Waals surface area (Å²) in [5.41, 5.74) is 3.95. The second-order valence-electron chi connectivity index (χ2n) is 6.20. The van der Waals surface area contributed by atoms with Crippen molar-refractivity contribution < 1.29 is 4.79 Å². The van der Waals surface area contributed by atoms with Gasteiger partial charge in [-0.05, 0) is 48.6 Å². The first-order valence-electron chi connectivity index (χ1n) is 8.56. The lowest BCUT2D eigenvalue weighted by Crippen LogP contribution is -2.34. The zero-order valence-corrected chi connectivity index (χ0v) is 14.6. The maximum Gasteiger partial charge on any atom is 0.220 e. The first kappa shape index (κ1) is 16.8. The molecule has 0 aromatic heterocycles. The molecule has 1 heterocycles. The summed E-state index contributed by atoms with van der Waals surface area (Å²) < 4.78 is 0. The van der Waals surface area contributed by atoms with E-state index in [1.165, 1.54) is 16.8 Å². The van der Waals surface area contributed by atoms with Gasteiger partial charge in [0.2, 0.25) is 5.91 Å². The van der Waals surface area contributed by atoms with Crippen LogP contribution in [-0.2, 0) is 17.6 Å². The number of para-hydroxylation sites is 1. The zero-order valence-electron chi connectivity index (χ0n) is 13.8. The molecule has 0 unspecified atom stereocenters. The van der Waals surface area contributed by atoms with Gasteiger partial charge >= 0.3 is 0 Å². The molecule has 3 nitrogen and oxygen atoms in total. The van der Waals surface area contributed by atoms with E-state index in [2.05, 4.69) is 34.5 Å². The van der Waals surface area contributed by atoms with Gasteiger partial charge in [0.15, 0.2) is 0 Å². The molecule has 0 aliphatic carbocycles. The van der Waals surface area contributed by atoms with E-state index in [-0.39, 0.29) is 5.91 Å². The Morgan fingerprint density at radius 3 is 2.75 bits per heavy atom. The molecule has 1 N–H and O–H groups in total. The van der Waals surface area contributed by atoms with Crippen molar-refractivity contribution in [3.63, 3.8) is 0 Å². The van der Waals surface area contributed by atoms with Crippen LogP contribution in [0.2, 0.25) is 5.02 Å². The zero-order chi connectivity index (χ0) is 16.8. The third-order valence-corrected chi connectivity index (χ3v) is 4.72. The average molecular weight is 343 g/mol. The molecule has 0 fully saturated rings. The number of carbonyl (C=O) groups excluding carboxylic acids is 1. The molecular weight excluding hydrogens is 320 g/mol. The number of nitrogens with zero attached hydrogens (tertiary/aromatic N) is 1. The van der Waals surface area contributed by atoms with Gasteiger partial charge in [0.1, 0.15) is 0 Å². The fraction of sp³-hybridized carbons (Fsp3) is 0.350. The van der Waals surface area contributed by atoms with Crippen LogP contribution in [0, 0.1) is 0 Å². The second-order valence-corrected chi connectivity index (χ2v) is 6.63. The number of hydrogen-bond acceptors (Lipinski definition) is 2. The molecule has 2 aromatic rings. The number of benzene rings is 2. The maximum absolute atomic E-state index is 12.0. The highest BCUT2D eigenvalue weighted by Crippen LogP contribution is 2.26. The van der Waals surface area contributed by atoms with Crippen LogP contribution in [0.15, 0.2) is 48.5 Å². The predicted molar refractivity (Wildman–Crippen MR) is 99.8 cm³/mol. The Balaban J connectivity index is 1.34. The summed E-state index contributed by atoms with van der Waals surface area (Å²) in [4.78, 5) is 14.3. The Hall–Kier alpha value is -2.00. The van der Waals surface area contributed by atoms with E-state index in [1.54, 1.807) is 0 Å². The van der Waals surface area contributed by atoms with E-state index < -0.39 is 0 Å². The van der Waals surface area contributed by atoms with Gasteiger partial charge in [0, 0.05) is 36.8 Å². The van der Waals surface area contributed by atoms with Gasteiger partial charge in [-0.3, -0.25) is 4.79 Å². The van der Waals surface area contributed by atoms with Gasteiger partial charge in [0.25, 0.3) is 0 Å². The number of nitrogens with one attached hydrogen (secondary N) is 1. The predicted octanol–water partition coefficient (Wildman–Crippen LogP) is 3.84. The van der Waals surface area contributed by atoms with Crippen molar-refractivity contribution in [1.82, 2.24) is 5.32 Å². The van der Waals surface area contributed by atoms with Gasteiger partial charge in [-0.2, -0.15) is 0 Å². The summed E-state index contributed by atoms with van der Waals surface area (Å²) in [6, 6.07) is 16.3. The van der Waals surface area contributed by atoms with Gasteiger partial charge in [0.05, 0.1) is 0 Å². The molecule has 0 atom stereocenters. The van der Waals surface area contributed by atoms with Crippen molar-refractivity contribution in [3.8, 4) is 0 Å². The lowest BCUT2D eigenvalue weighted by molar-refractivity contribution is -0.121. The van der Waals surface area contributed by atoms with Gasteiger partial charge in [-0.25, -0.2) is 0 Å². The standard InChI is InChI=1S/C20H23ClN2O/c21-18-10-8-16(9-11-18)4-3-7-20(24)22-13-15-23-14-12-17-5-1-2-6-19(17)23/h1-2,5-6,8-11H,3-4,7,12-15H2,(H,22,24). The molecule has 1 amide bonds. The highest BCUT2D eigenvalue weighted by atomic mass is 35.5. The molecule has 2 aromatic carbocycles. The number of fused-ring (bicyclic) bond motifs is 1. The van der Waals surface area contributed by atoms with Crippen LogP contribution in [0.4, 0.5) is 5.69 Å². The van der Waals surface area contributed by atoms with Crippen molar-refractivity contribution in [2.24, 2.45) is 0 Å². The Bertz CT molecular complexity index is 684. The summed E-state index contributed by atoms with van der Waals surface area (Å²) >= 11 is 5.87. The second kappa shape index (κ2) is 8.20. The minimum atomic E-state index is 0.136. The first-order chi connectivity index (χ1) is 11.7. The summed E-state index contributed by atoms with van der Waals surface area (Å²) in [5, 5.41) is 3.78. The molecule has 4 heteroatoms. The molecule has 126 valence electrons. The van der Waals surface area contributed by atoms with Gasteiger partial charge in [-0.1, -0.05) is 41.9 Å². The van der Waals surface area contributed by atoms with Crippen molar-refractivity contribution in [3.05, 3.63) is 64.7 Å². The van der Waals surface area contributed by atoms with Crippen LogP contribution in [0.3, 0.4) is 0 Å². The maximum atomic E-state index is 12.0. The average Bonchev–Trinajstić information content (AvgIpc) is 3.00. The topological polar surface area (TPSA) is 32.3 Å². The molecule has 0 saturated carbocycles. The normalized spacial score (nSPS) is 13.0. The SMILES string of the molecule is O=C(CCCc1ccc(Cl)cc1)NCCN1CCc2ccccc21. The van der Waals surface area contributed by atoms with Crippen molar-refractivity contribution in [2.45, 2.75) is 25.7 Å². The summed E-state index contributed by atoms with van der Waals surface area (Å²) in [6.07, 6.45) is 3.44. The molecular formula is C20H23ClN2O. The molecule has 0 saturated heterocycles. The van der Waals surface area contributed by atoms with E-state index >= 15 is 0 Å². The largest absolute Gasteiger partial charge is 0.369 e. The van der Waals surface area contributed by atoms with Crippen LogP contribution < -0.4 is 10.2 Å². The van der Waals surface area contributed by atoms with E-state index in [9.17, 15) is 4.79 Å². The van der Waals surface area contributed by atoms with Crippen LogP contribution >= 0.6 is 11.6 Å². The highest BCUT2D eigenvalue weighted by Gasteiger charge is 2.17. The Labute approximate surface area is 148 Å². The summed E-state index contributed by atoms with van der Waals surface area (Å²) in [5.74, 6) is 0.136. The third kappa shape index (κ3) is 4.51. The van der Waals surface area contributed by atoms with Gasteiger partial charge < -0.3 is 10.2 Å². The lowest BCUT2D eigenvalue weighted by Gasteiger charge is -2.19. The summed E-state index contributed by atoms with van der Waals surface area (Å²) in [7, 11) is 0. The molecule has 0 spiro atoms. The Morgan fingerprint density at radius 2 is 1.92 bits per heavy atom. The molecule has 24 heavy (non-hydrogen) atoms. The monoisotopic (exact) mass is 342 g/mol. The number of amides is 1. The number of halogens is 1. The van der Waals surface area contributed by atoms with E-state index in [0.29, 0.717) is 13.0 Å². The van der Waals surface area contributed by atoms with Crippen molar-refractivity contribution in [2.75, 3.05) is 24.5 Å². The molecule has 0 bridgehead atoms. The number of rotatable bonds is 7. The lowest BCUT2D eigenvalue weighted by atomic mass is 10.1. The number of anilines is 1. The van der Waals surface area contributed by atoms with Crippen LogP contribution in [-0.4, -0.2) is 25.5 Å². The minimum absolute atomic E-state index is 0.136. The Kier molecular flexibility index (Phi) is 5.76. The smallest absolute Gasteiger partial charge is 0.220 e. The van der Waals surface area contributed by atoms with E-state index in [0.717, 1.165) is 37.4 Å². The number of carbonyl (C=O) groups is 1. The van der Waals surface area contributed by atoms with Crippen molar-refractivity contribution in [1.29, 1.82) is 0 Å². The molecule has 0 radical (unpaired) electrons. The van der Waals surface area contributed by atoms with E-state index in [1.807, 2.05) is 24.3 Å². The highest BCUT2D eigenvalue weighted by molar-refractivity contribution is 6.30.